The summed E-state index contributed by atoms with van der Waals surface area (Å²) in [5, 5.41) is 21.0. The van der Waals surface area contributed by atoms with Gasteiger partial charge >= 0.3 is 0 Å². The third-order valence-electron chi connectivity index (χ3n) is 5.99. The van der Waals surface area contributed by atoms with Crippen molar-refractivity contribution in [3.8, 4) is 18.0 Å². The molecule has 4 rings (SSSR count). The number of benzene rings is 2. The summed E-state index contributed by atoms with van der Waals surface area (Å²) >= 11 is 0. The molecule has 1 unspecified atom stereocenters. The van der Waals surface area contributed by atoms with Crippen molar-refractivity contribution in [3.05, 3.63) is 94.4 Å². The molecule has 1 aliphatic rings. The van der Waals surface area contributed by atoms with Crippen LogP contribution in [0, 0.1) is 28.5 Å². The summed E-state index contributed by atoms with van der Waals surface area (Å²) in [6.07, 6.45) is 2.48. The molecule has 2 heterocycles. The molecule has 0 bridgehead atoms. The Morgan fingerprint density at radius 3 is 2.49 bits per heavy atom. The van der Waals surface area contributed by atoms with Crippen molar-refractivity contribution in [1.82, 2.24) is 15.2 Å². The van der Waals surface area contributed by atoms with E-state index in [1.165, 1.54) is 12.1 Å². The number of nitriles is 2. The van der Waals surface area contributed by atoms with Crippen LogP contribution in [0.5, 0.6) is 5.88 Å². The predicted molar refractivity (Wildman–Crippen MR) is 127 cm³/mol. The summed E-state index contributed by atoms with van der Waals surface area (Å²) in [4.78, 5) is 19.4. The first-order valence-electron chi connectivity index (χ1n) is 11.4. The highest BCUT2D eigenvalue weighted by atomic mass is 19.1. The van der Waals surface area contributed by atoms with E-state index in [2.05, 4.69) is 21.3 Å². The highest BCUT2D eigenvalue weighted by molar-refractivity contribution is 5.94. The van der Waals surface area contributed by atoms with Crippen LogP contribution in [0.25, 0.3) is 0 Å². The number of rotatable bonds is 7. The van der Waals surface area contributed by atoms with Gasteiger partial charge in [0.25, 0.3) is 5.91 Å². The van der Waals surface area contributed by atoms with Gasteiger partial charge in [0, 0.05) is 31.4 Å². The van der Waals surface area contributed by atoms with Gasteiger partial charge in [-0.2, -0.15) is 10.5 Å². The monoisotopic (exact) mass is 469 g/mol. The van der Waals surface area contributed by atoms with Gasteiger partial charge in [0.05, 0.1) is 41.5 Å². The largest absolute Gasteiger partial charge is 0.478 e. The van der Waals surface area contributed by atoms with Crippen LogP contribution in [0.4, 0.5) is 4.39 Å². The summed E-state index contributed by atoms with van der Waals surface area (Å²) in [6.45, 7) is 3.69. The van der Waals surface area contributed by atoms with E-state index in [0.29, 0.717) is 37.6 Å². The molecule has 0 radical (unpaired) electrons. The van der Waals surface area contributed by atoms with Gasteiger partial charge < -0.3 is 10.1 Å². The number of ether oxygens (including phenoxy) is 1. The van der Waals surface area contributed by atoms with Crippen LogP contribution >= 0.6 is 0 Å². The summed E-state index contributed by atoms with van der Waals surface area (Å²) < 4.78 is 19.8. The molecule has 0 saturated carbocycles. The average Bonchev–Trinajstić information content (AvgIpc) is 3.33. The summed E-state index contributed by atoms with van der Waals surface area (Å²) in [6, 6.07) is 18.8. The molecule has 2 atom stereocenters. The first-order chi connectivity index (χ1) is 17.0. The van der Waals surface area contributed by atoms with Crippen LogP contribution in [0.3, 0.4) is 0 Å². The molecule has 1 aliphatic heterocycles. The second kappa shape index (κ2) is 10.8. The lowest BCUT2D eigenvalue weighted by Gasteiger charge is -2.29. The van der Waals surface area contributed by atoms with Crippen LogP contribution in [0.2, 0.25) is 0 Å². The molecule has 1 N–H and O–H groups in total. The number of hydrogen-bond acceptors (Lipinski definition) is 6. The van der Waals surface area contributed by atoms with Crippen molar-refractivity contribution in [3.63, 3.8) is 0 Å². The molecule has 1 saturated heterocycles. The van der Waals surface area contributed by atoms with E-state index in [1.807, 2.05) is 37.3 Å². The second-order valence-electron chi connectivity index (χ2n) is 8.26. The average molecular weight is 470 g/mol. The first kappa shape index (κ1) is 23.9. The number of carbonyl (C=O) groups is 1. The predicted octanol–water partition coefficient (Wildman–Crippen LogP) is 3.96. The lowest BCUT2D eigenvalue weighted by Crippen LogP contribution is -2.38. The molecule has 7 nitrogen and oxygen atoms in total. The molecular formula is C27H24FN5O2. The van der Waals surface area contributed by atoms with E-state index in [4.69, 9.17) is 10.00 Å². The number of amides is 1. The molecule has 2 aromatic carbocycles. The van der Waals surface area contributed by atoms with Crippen LogP contribution in [-0.4, -0.2) is 41.5 Å². The standard InChI is InChI=1S/C27H24FN5O2/c1-2-35-25-10-8-21(16-31-25)26(20-6-3-18(14-29)4-7-20)33-12-11-22(17-33)32-27(34)23-9-5-19(15-30)13-24(23)28/h3-10,13,16,22,26H,2,11-12,17H2,1H3,(H,32,34)/t22-,26?/m1/s1. The SMILES string of the molecule is CCOc1ccc(C(c2ccc(C#N)cc2)N2CC[C@@H](NC(=O)c3ccc(C#N)cc3F)C2)cn1. The third kappa shape index (κ3) is 5.46. The number of aromatic nitrogens is 1. The Labute approximate surface area is 203 Å². The van der Waals surface area contributed by atoms with Crippen LogP contribution in [-0.2, 0) is 0 Å². The Morgan fingerprint density at radius 2 is 1.86 bits per heavy atom. The van der Waals surface area contributed by atoms with Crippen molar-refractivity contribution < 1.29 is 13.9 Å². The van der Waals surface area contributed by atoms with Gasteiger partial charge in [0.15, 0.2) is 0 Å². The maximum Gasteiger partial charge on any atom is 0.254 e. The van der Waals surface area contributed by atoms with E-state index in [1.54, 1.807) is 18.3 Å². The topological polar surface area (TPSA) is 102 Å². The summed E-state index contributed by atoms with van der Waals surface area (Å²) in [5.41, 5.74) is 2.62. The molecule has 1 amide bonds. The first-order valence-corrected chi connectivity index (χ1v) is 11.4. The zero-order valence-corrected chi connectivity index (χ0v) is 19.2. The number of pyridine rings is 1. The van der Waals surface area contributed by atoms with Crippen LogP contribution < -0.4 is 10.1 Å². The summed E-state index contributed by atoms with van der Waals surface area (Å²) in [5.74, 6) is -0.672. The maximum atomic E-state index is 14.3. The van der Waals surface area contributed by atoms with E-state index < -0.39 is 11.7 Å². The fourth-order valence-electron chi connectivity index (χ4n) is 4.31. The highest BCUT2D eigenvalue weighted by Crippen LogP contribution is 2.32. The van der Waals surface area contributed by atoms with Crippen molar-refractivity contribution in [2.24, 2.45) is 0 Å². The fraction of sp³-hybridized carbons (Fsp3) is 0.259. The molecular weight excluding hydrogens is 445 g/mol. The van der Waals surface area contributed by atoms with E-state index >= 15 is 0 Å². The van der Waals surface area contributed by atoms with Gasteiger partial charge in [-0.05, 0) is 54.8 Å². The lowest BCUT2D eigenvalue weighted by molar-refractivity contribution is 0.0933. The molecule has 35 heavy (non-hydrogen) atoms. The smallest absolute Gasteiger partial charge is 0.254 e. The summed E-state index contributed by atoms with van der Waals surface area (Å²) in [7, 11) is 0. The van der Waals surface area contributed by atoms with Crippen molar-refractivity contribution in [2.75, 3.05) is 19.7 Å². The number of nitrogens with zero attached hydrogens (tertiary/aromatic N) is 4. The molecule has 8 heteroatoms. The van der Waals surface area contributed by atoms with Gasteiger partial charge in [-0.3, -0.25) is 9.69 Å². The molecule has 1 fully saturated rings. The van der Waals surface area contributed by atoms with E-state index in [-0.39, 0.29) is 23.2 Å². The molecule has 3 aromatic rings. The Morgan fingerprint density at radius 1 is 1.14 bits per heavy atom. The second-order valence-corrected chi connectivity index (χ2v) is 8.26. The van der Waals surface area contributed by atoms with E-state index in [9.17, 15) is 14.4 Å². The van der Waals surface area contributed by atoms with Crippen molar-refractivity contribution in [2.45, 2.75) is 25.4 Å². The third-order valence-corrected chi connectivity index (χ3v) is 5.99. The Balaban J connectivity index is 1.54. The Hall–Kier alpha value is -4.27. The van der Waals surface area contributed by atoms with Crippen molar-refractivity contribution >= 4 is 5.91 Å². The van der Waals surface area contributed by atoms with Crippen molar-refractivity contribution in [1.29, 1.82) is 10.5 Å². The lowest BCUT2D eigenvalue weighted by atomic mass is 9.97. The Bertz CT molecular complexity index is 1280. The normalized spacial score (nSPS) is 16.2. The Kier molecular flexibility index (Phi) is 7.35. The molecule has 1 aromatic heterocycles. The quantitative estimate of drug-likeness (QED) is 0.562. The number of nitrogens with one attached hydrogen (secondary N) is 1. The fourth-order valence-corrected chi connectivity index (χ4v) is 4.31. The zero-order chi connectivity index (χ0) is 24.8. The zero-order valence-electron chi connectivity index (χ0n) is 19.2. The van der Waals surface area contributed by atoms with Gasteiger partial charge in [0.1, 0.15) is 5.82 Å². The van der Waals surface area contributed by atoms with Gasteiger partial charge in [0.2, 0.25) is 5.88 Å². The minimum Gasteiger partial charge on any atom is -0.478 e. The number of likely N-dealkylation sites (tertiary alicyclic amines) is 1. The van der Waals surface area contributed by atoms with Crippen LogP contribution in [0.15, 0.2) is 60.8 Å². The molecule has 0 aliphatic carbocycles. The molecule has 176 valence electrons. The number of carbonyl (C=O) groups excluding carboxylic acids is 1. The number of hydrogen-bond donors (Lipinski definition) is 1. The molecule has 0 spiro atoms. The highest BCUT2D eigenvalue weighted by Gasteiger charge is 2.32. The van der Waals surface area contributed by atoms with Crippen LogP contribution in [0.1, 0.15) is 52.0 Å². The van der Waals surface area contributed by atoms with Gasteiger partial charge in [-0.1, -0.05) is 18.2 Å². The van der Waals surface area contributed by atoms with Gasteiger partial charge in [-0.25, -0.2) is 9.37 Å². The van der Waals surface area contributed by atoms with E-state index in [0.717, 1.165) is 17.2 Å². The minimum atomic E-state index is -0.715. The van der Waals surface area contributed by atoms with Gasteiger partial charge in [-0.15, -0.1) is 0 Å². The number of halogens is 1. The maximum absolute atomic E-state index is 14.3. The minimum absolute atomic E-state index is 0.0817.